The number of carbonyl (C=O) groups excluding carboxylic acids is 2. The van der Waals surface area contributed by atoms with Crippen LogP contribution < -0.4 is 5.32 Å². The number of carbonyl (C=O) groups is 2. The summed E-state index contributed by atoms with van der Waals surface area (Å²) in [7, 11) is 1.27. The monoisotopic (exact) mass is 402 g/mol. The molecule has 0 aliphatic heterocycles. The Kier molecular flexibility index (Phi) is 6.56. The first kappa shape index (κ1) is 20.7. The smallest absolute Gasteiger partial charge is 0.333 e. The van der Waals surface area contributed by atoms with Gasteiger partial charge in [-0.1, -0.05) is 42.3 Å². The lowest BCUT2D eigenvalue weighted by Crippen LogP contribution is -2.35. The minimum Gasteiger partial charge on any atom is -0.467 e. The van der Waals surface area contributed by atoms with Gasteiger partial charge < -0.3 is 10.1 Å². The highest BCUT2D eigenvalue weighted by atomic mass is 19.1. The van der Waals surface area contributed by atoms with Crippen LogP contribution in [0.4, 0.5) is 4.39 Å². The first-order chi connectivity index (χ1) is 14.5. The Morgan fingerprint density at radius 2 is 1.80 bits per heavy atom. The van der Waals surface area contributed by atoms with Gasteiger partial charge in [-0.05, 0) is 48.7 Å². The van der Waals surface area contributed by atoms with Gasteiger partial charge in [0.1, 0.15) is 11.5 Å². The molecular weight excluding hydrogens is 383 g/mol. The first-order valence-corrected chi connectivity index (χ1v) is 9.17. The number of nitrogens with one attached hydrogen (secondary N) is 1. The molecular formula is C24H19FN2O3. The molecule has 3 aromatic rings. The fraction of sp³-hybridized carbons (Fsp3) is 0.125. The van der Waals surface area contributed by atoms with E-state index in [0.717, 1.165) is 0 Å². The molecule has 0 radical (unpaired) electrons. The summed E-state index contributed by atoms with van der Waals surface area (Å²) in [5.74, 6) is 4.30. The van der Waals surface area contributed by atoms with Crippen molar-refractivity contribution in [2.75, 3.05) is 7.11 Å². The molecule has 1 atom stereocenters. The minimum absolute atomic E-state index is 0.316. The van der Waals surface area contributed by atoms with E-state index in [-0.39, 0.29) is 5.82 Å². The summed E-state index contributed by atoms with van der Waals surface area (Å²) in [5, 5.41) is 2.69. The summed E-state index contributed by atoms with van der Waals surface area (Å²) in [6.07, 6.45) is 0. The second kappa shape index (κ2) is 9.48. The van der Waals surface area contributed by atoms with Crippen molar-refractivity contribution >= 4 is 11.9 Å². The molecule has 2 aromatic carbocycles. The molecule has 0 saturated carbocycles. The molecule has 0 fully saturated rings. The zero-order valence-electron chi connectivity index (χ0n) is 16.5. The molecule has 1 unspecified atom stereocenters. The maximum Gasteiger partial charge on any atom is 0.333 e. The lowest BCUT2D eigenvalue weighted by atomic mass is 10.1. The first-order valence-electron chi connectivity index (χ1n) is 9.17. The summed E-state index contributed by atoms with van der Waals surface area (Å²) >= 11 is 0. The van der Waals surface area contributed by atoms with Crippen molar-refractivity contribution < 1.29 is 18.7 Å². The van der Waals surface area contributed by atoms with Crippen LogP contribution in [-0.2, 0) is 9.53 Å². The zero-order chi connectivity index (χ0) is 21.5. The topological polar surface area (TPSA) is 68.3 Å². The molecule has 1 amide bonds. The van der Waals surface area contributed by atoms with Gasteiger partial charge in [-0.25, -0.2) is 14.2 Å². The van der Waals surface area contributed by atoms with E-state index in [2.05, 4.69) is 22.1 Å². The number of ether oxygens (including phenoxy) is 1. The summed E-state index contributed by atoms with van der Waals surface area (Å²) in [5.41, 5.74) is 2.35. The predicted molar refractivity (Wildman–Crippen MR) is 110 cm³/mol. The Balaban J connectivity index is 1.80. The second-order valence-electron chi connectivity index (χ2n) is 6.43. The van der Waals surface area contributed by atoms with Crippen LogP contribution >= 0.6 is 0 Å². The number of hydrogen-bond acceptors (Lipinski definition) is 4. The van der Waals surface area contributed by atoms with Crippen LogP contribution in [0.25, 0.3) is 0 Å². The van der Waals surface area contributed by atoms with Gasteiger partial charge in [0.2, 0.25) is 0 Å². The van der Waals surface area contributed by atoms with Crippen molar-refractivity contribution in [1.82, 2.24) is 10.3 Å². The standard InChI is InChI=1S/C24H19FN2O3/c1-16-21(14-13-20(26-16)12-11-17-7-6-10-19(25)15-17)23(28)27-22(24(29)30-2)18-8-4-3-5-9-18/h3-10,13-15,22H,1-2H3,(H,27,28). The SMILES string of the molecule is COC(=O)C(NC(=O)c1ccc(C#Cc2cccc(F)c2)nc1C)c1ccccc1. The highest BCUT2D eigenvalue weighted by Gasteiger charge is 2.24. The van der Waals surface area contributed by atoms with Crippen LogP contribution in [0.2, 0.25) is 0 Å². The van der Waals surface area contributed by atoms with Gasteiger partial charge in [0.25, 0.3) is 5.91 Å². The average Bonchev–Trinajstić information content (AvgIpc) is 2.76. The molecule has 6 heteroatoms. The molecule has 0 saturated heterocycles. The summed E-state index contributed by atoms with van der Waals surface area (Å²) in [4.78, 5) is 29.3. The number of pyridine rings is 1. The number of hydrogen-bond donors (Lipinski definition) is 1. The molecule has 5 nitrogen and oxygen atoms in total. The third kappa shape index (κ3) is 5.09. The van der Waals surface area contributed by atoms with Gasteiger partial charge in [0.05, 0.1) is 18.4 Å². The van der Waals surface area contributed by atoms with E-state index < -0.39 is 17.9 Å². The van der Waals surface area contributed by atoms with Crippen molar-refractivity contribution in [3.8, 4) is 11.8 Å². The molecule has 1 aromatic heterocycles. The Morgan fingerprint density at radius 3 is 2.47 bits per heavy atom. The van der Waals surface area contributed by atoms with E-state index in [0.29, 0.717) is 28.1 Å². The Hall–Kier alpha value is -3.98. The number of amides is 1. The predicted octanol–water partition coefficient (Wildman–Crippen LogP) is 3.57. The van der Waals surface area contributed by atoms with E-state index in [1.54, 1.807) is 55.5 Å². The summed E-state index contributed by atoms with van der Waals surface area (Å²) < 4.78 is 18.1. The Bertz CT molecular complexity index is 1130. The van der Waals surface area contributed by atoms with Crippen LogP contribution in [0.5, 0.6) is 0 Å². The van der Waals surface area contributed by atoms with Crippen molar-refractivity contribution in [3.05, 3.63) is 101 Å². The van der Waals surface area contributed by atoms with E-state index in [1.807, 2.05) is 6.07 Å². The van der Waals surface area contributed by atoms with Gasteiger partial charge in [0, 0.05) is 5.56 Å². The van der Waals surface area contributed by atoms with Crippen LogP contribution in [0, 0.1) is 24.6 Å². The van der Waals surface area contributed by atoms with Gasteiger partial charge in [-0.2, -0.15) is 0 Å². The van der Waals surface area contributed by atoms with Gasteiger partial charge in [-0.3, -0.25) is 4.79 Å². The molecule has 0 bridgehead atoms. The molecule has 1 heterocycles. The van der Waals surface area contributed by atoms with Gasteiger partial charge >= 0.3 is 5.97 Å². The Labute approximate surface area is 173 Å². The number of benzene rings is 2. The van der Waals surface area contributed by atoms with E-state index in [1.165, 1.54) is 19.2 Å². The highest BCUT2D eigenvalue weighted by molar-refractivity contribution is 5.97. The molecule has 1 N–H and O–H groups in total. The normalized spacial score (nSPS) is 11.0. The number of aromatic nitrogens is 1. The maximum atomic E-state index is 13.2. The number of nitrogens with zero attached hydrogens (tertiary/aromatic N) is 1. The molecule has 150 valence electrons. The van der Waals surface area contributed by atoms with Crippen LogP contribution in [-0.4, -0.2) is 24.0 Å². The third-order valence-corrected chi connectivity index (χ3v) is 4.34. The third-order valence-electron chi connectivity index (χ3n) is 4.34. The highest BCUT2D eigenvalue weighted by Crippen LogP contribution is 2.16. The van der Waals surface area contributed by atoms with Crippen LogP contribution in [0.1, 0.15) is 38.9 Å². The fourth-order valence-corrected chi connectivity index (χ4v) is 2.82. The Morgan fingerprint density at radius 1 is 1.03 bits per heavy atom. The summed E-state index contributed by atoms with van der Waals surface area (Å²) in [6, 6.07) is 17.0. The number of rotatable bonds is 4. The van der Waals surface area contributed by atoms with Crippen molar-refractivity contribution in [1.29, 1.82) is 0 Å². The lowest BCUT2D eigenvalue weighted by molar-refractivity contribution is -0.143. The largest absolute Gasteiger partial charge is 0.467 e. The maximum absolute atomic E-state index is 13.2. The summed E-state index contributed by atoms with van der Waals surface area (Å²) in [6.45, 7) is 1.68. The van der Waals surface area contributed by atoms with E-state index in [4.69, 9.17) is 4.74 Å². The molecule has 0 aliphatic carbocycles. The molecule has 0 spiro atoms. The molecule has 3 rings (SSSR count). The van der Waals surface area contributed by atoms with Gasteiger partial charge in [-0.15, -0.1) is 0 Å². The molecule has 0 aliphatic rings. The van der Waals surface area contributed by atoms with E-state index in [9.17, 15) is 14.0 Å². The quantitative estimate of drug-likeness (QED) is 0.535. The van der Waals surface area contributed by atoms with Crippen LogP contribution in [0.3, 0.4) is 0 Å². The fourth-order valence-electron chi connectivity index (χ4n) is 2.82. The van der Waals surface area contributed by atoms with Crippen LogP contribution in [0.15, 0.2) is 66.7 Å². The van der Waals surface area contributed by atoms with Crippen molar-refractivity contribution in [2.24, 2.45) is 0 Å². The second-order valence-corrected chi connectivity index (χ2v) is 6.43. The number of esters is 1. The van der Waals surface area contributed by atoms with E-state index >= 15 is 0 Å². The lowest BCUT2D eigenvalue weighted by Gasteiger charge is -2.17. The number of halogens is 1. The van der Waals surface area contributed by atoms with Gasteiger partial charge in [0.15, 0.2) is 6.04 Å². The number of methoxy groups -OCH3 is 1. The number of aryl methyl sites for hydroxylation is 1. The molecule has 30 heavy (non-hydrogen) atoms. The van der Waals surface area contributed by atoms with Crippen molar-refractivity contribution in [3.63, 3.8) is 0 Å². The zero-order valence-corrected chi connectivity index (χ0v) is 16.5. The van der Waals surface area contributed by atoms with Crippen molar-refractivity contribution in [2.45, 2.75) is 13.0 Å². The minimum atomic E-state index is -0.935. The average molecular weight is 402 g/mol.